The van der Waals surface area contributed by atoms with Gasteiger partial charge in [0.15, 0.2) is 5.13 Å². The van der Waals surface area contributed by atoms with E-state index in [9.17, 15) is 4.79 Å². The van der Waals surface area contributed by atoms with Crippen LogP contribution >= 0.6 is 22.9 Å². The van der Waals surface area contributed by atoms with Crippen LogP contribution in [0.2, 0.25) is 5.02 Å². The van der Waals surface area contributed by atoms with E-state index in [1.165, 1.54) is 11.3 Å². The van der Waals surface area contributed by atoms with E-state index in [1.807, 2.05) is 19.2 Å². The van der Waals surface area contributed by atoms with E-state index in [4.69, 9.17) is 11.6 Å². The van der Waals surface area contributed by atoms with Gasteiger partial charge in [-0.1, -0.05) is 11.6 Å². The molecule has 0 saturated heterocycles. The molecule has 2 rings (SSSR count). The number of hydrogen-bond acceptors (Lipinski definition) is 4. The molecule has 0 aromatic carbocycles. The van der Waals surface area contributed by atoms with E-state index < -0.39 is 0 Å². The second-order valence-corrected chi connectivity index (χ2v) is 5.05. The summed E-state index contributed by atoms with van der Waals surface area (Å²) >= 11 is 7.48. The Morgan fingerprint density at radius 3 is 2.83 bits per heavy atom. The minimum Gasteiger partial charge on any atom is -0.296 e. The highest BCUT2D eigenvalue weighted by atomic mass is 35.5. The fraction of sp³-hybridized carbons (Fsp3) is 0.364. The average molecular weight is 285 g/mol. The van der Waals surface area contributed by atoms with Crippen LogP contribution in [-0.2, 0) is 6.54 Å². The Labute approximate surface area is 114 Å². The summed E-state index contributed by atoms with van der Waals surface area (Å²) in [4.78, 5) is 16.3. The third kappa shape index (κ3) is 2.39. The molecule has 0 aliphatic heterocycles. The maximum absolute atomic E-state index is 12.1. The lowest BCUT2D eigenvalue weighted by Crippen LogP contribution is -2.17. The lowest BCUT2D eigenvalue weighted by atomic mass is 10.3. The molecule has 7 heteroatoms. The van der Waals surface area contributed by atoms with Gasteiger partial charge in [0.05, 0.1) is 16.4 Å². The summed E-state index contributed by atoms with van der Waals surface area (Å²) in [5, 5.41) is 9.77. The van der Waals surface area contributed by atoms with Crippen LogP contribution in [0.4, 0.5) is 5.13 Å². The molecule has 0 radical (unpaired) electrons. The number of rotatable bonds is 3. The Morgan fingerprint density at radius 1 is 1.56 bits per heavy atom. The van der Waals surface area contributed by atoms with Gasteiger partial charge >= 0.3 is 0 Å². The van der Waals surface area contributed by atoms with Crippen molar-refractivity contribution >= 4 is 34.0 Å². The number of carbonyl (C=O) groups excluding carboxylic acids is 1. The van der Waals surface area contributed by atoms with Crippen LogP contribution in [0.25, 0.3) is 0 Å². The highest BCUT2D eigenvalue weighted by Gasteiger charge is 2.20. The number of aromatic nitrogens is 3. The number of hydrogen-bond donors (Lipinski definition) is 1. The molecule has 2 heterocycles. The Kier molecular flexibility index (Phi) is 3.68. The minimum atomic E-state index is -0.281. The second-order valence-electron chi connectivity index (χ2n) is 3.81. The van der Waals surface area contributed by atoms with Gasteiger partial charge < -0.3 is 0 Å². The van der Waals surface area contributed by atoms with Crippen molar-refractivity contribution < 1.29 is 4.79 Å². The molecular formula is C11H13ClN4OS. The topological polar surface area (TPSA) is 59.8 Å². The molecule has 18 heavy (non-hydrogen) atoms. The molecule has 1 N–H and O–H groups in total. The molecule has 0 spiro atoms. The first kappa shape index (κ1) is 13.0. The van der Waals surface area contributed by atoms with E-state index in [-0.39, 0.29) is 5.91 Å². The molecule has 2 aromatic heterocycles. The first-order chi connectivity index (χ1) is 8.52. The van der Waals surface area contributed by atoms with Crippen LogP contribution in [0.15, 0.2) is 5.38 Å². The molecule has 0 aliphatic carbocycles. The van der Waals surface area contributed by atoms with Crippen LogP contribution < -0.4 is 5.32 Å². The number of thiazole rings is 1. The van der Waals surface area contributed by atoms with Gasteiger partial charge in [0.1, 0.15) is 5.69 Å². The Bertz CT molecular complexity index is 590. The molecule has 96 valence electrons. The first-order valence-corrected chi connectivity index (χ1v) is 6.75. The second kappa shape index (κ2) is 5.07. The predicted octanol–water partition coefficient (Wildman–Crippen LogP) is 2.88. The molecule has 5 nitrogen and oxygen atoms in total. The Balaban J connectivity index is 2.28. The van der Waals surface area contributed by atoms with Gasteiger partial charge in [0.25, 0.3) is 5.91 Å². The van der Waals surface area contributed by atoms with Gasteiger partial charge in [-0.3, -0.25) is 14.8 Å². The number of halogens is 1. The third-order valence-corrected chi connectivity index (χ3v) is 3.74. The third-order valence-electron chi connectivity index (χ3n) is 2.41. The van der Waals surface area contributed by atoms with Gasteiger partial charge in [-0.05, 0) is 20.8 Å². The molecule has 1 amide bonds. The number of nitrogens with one attached hydrogen (secondary N) is 1. The summed E-state index contributed by atoms with van der Waals surface area (Å²) in [7, 11) is 0. The zero-order valence-electron chi connectivity index (χ0n) is 10.3. The van der Waals surface area contributed by atoms with Gasteiger partial charge in [0.2, 0.25) is 0 Å². The van der Waals surface area contributed by atoms with Gasteiger partial charge in [0, 0.05) is 11.9 Å². The standard InChI is InChI=1S/C11H13ClN4OS/c1-4-16-9(8(12)7(3)15-16)10(17)14-11-13-6(2)5-18-11/h5H,4H2,1-3H3,(H,13,14,17). The van der Waals surface area contributed by atoms with Crippen molar-refractivity contribution in [1.29, 1.82) is 0 Å². The van der Waals surface area contributed by atoms with Crippen molar-refractivity contribution in [2.75, 3.05) is 5.32 Å². The number of aryl methyl sites for hydroxylation is 3. The average Bonchev–Trinajstić information content (AvgIpc) is 2.84. The fourth-order valence-corrected chi connectivity index (χ4v) is 2.48. The molecular weight excluding hydrogens is 272 g/mol. The van der Waals surface area contributed by atoms with E-state index in [0.29, 0.717) is 28.1 Å². The smallest absolute Gasteiger partial charge is 0.277 e. The van der Waals surface area contributed by atoms with E-state index in [0.717, 1.165) is 5.69 Å². The maximum atomic E-state index is 12.1. The summed E-state index contributed by atoms with van der Waals surface area (Å²) in [6.45, 7) is 6.15. The number of anilines is 1. The molecule has 0 aliphatic rings. The van der Waals surface area contributed by atoms with E-state index >= 15 is 0 Å². The minimum absolute atomic E-state index is 0.281. The van der Waals surface area contributed by atoms with E-state index in [2.05, 4.69) is 15.4 Å². The SMILES string of the molecule is CCn1nc(C)c(Cl)c1C(=O)Nc1nc(C)cs1. The van der Waals surface area contributed by atoms with Crippen molar-refractivity contribution in [3.63, 3.8) is 0 Å². The summed E-state index contributed by atoms with van der Waals surface area (Å²) in [6.07, 6.45) is 0. The number of nitrogens with zero attached hydrogens (tertiary/aromatic N) is 3. The Hall–Kier alpha value is -1.40. The fourth-order valence-electron chi connectivity index (χ4n) is 1.57. The zero-order chi connectivity index (χ0) is 13.3. The molecule has 0 fully saturated rings. The summed E-state index contributed by atoms with van der Waals surface area (Å²) in [5.74, 6) is -0.281. The number of amides is 1. The maximum Gasteiger partial charge on any atom is 0.277 e. The lowest BCUT2D eigenvalue weighted by molar-refractivity contribution is 0.101. The lowest BCUT2D eigenvalue weighted by Gasteiger charge is -2.04. The van der Waals surface area contributed by atoms with E-state index in [1.54, 1.807) is 11.6 Å². The van der Waals surface area contributed by atoms with Crippen LogP contribution in [0.1, 0.15) is 28.8 Å². The largest absolute Gasteiger partial charge is 0.296 e. The highest BCUT2D eigenvalue weighted by molar-refractivity contribution is 7.13. The van der Waals surface area contributed by atoms with Crippen LogP contribution in [0.5, 0.6) is 0 Å². The van der Waals surface area contributed by atoms with Crippen LogP contribution in [0.3, 0.4) is 0 Å². The van der Waals surface area contributed by atoms with Crippen LogP contribution in [-0.4, -0.2) is 20.7 Å². The Morgan fingerprint density at radius 2 is 2.28 bits per heavy atom. The monoisotopic (exact) mass is 284 g/mol. The summed E-state index contributed by atoms with van der Waals surface area (Å²) in [5.41, 5.74) is 1.91. The highest BCUT2D eigenvalue weighted by Crippen LogP contribution is 2.22. The molecule has 2 aromatic rings. The summed E-state index contributed by atoms with van der Waals surface area (Å²) in [6, 6.07) is 0. The molecule has 0 saturated carbocycles. The molecule has 0 bridgehead atoms. The van der Waals surface area contributed by atoms with Gasteiger partial charge in [-0.2, -0.15) is 5.10 Å². The normalized spacial score (nSPS) is 10.7. The van der Waals surface area contributed by atoms with Crippen molar-refractivity contribution in [2.45, 2.75) is 27.3 Å². The van der Waals surface area contributed by atoms with Crippen molar-refractivity contribution in [3.05, 3.63) is 27.5 Å². The van der Waals surface area contributed by atoms with Gasteiger partial charge in [-0.25, -0.2) is 4.98 Å². The summed E-state index contributed by atoms with van der Waals surface area (Å²) < 4.78 is 1.59. The van der Waals surface area contributed by atoms with Crippen molar-refractivity contribution in [1.82, 2.24) is 14.8 Å². The first-order valence-electron chi connectivity index (χ1n) is 5.49. The number of carbonyl (C=O) groups is 1. The molecule has 0 atom stereocenters. The zero-order valence-corrected chi connectivity index (χ0v) is 11.9. The van der Waals surface area contributed by atoms with Crippen molar-refractivity contribution in [3.8, 4) is 0 Å². The van der Waals surface area contributed by atoms with Gasteiger partial charge in [-0.15, -0.1) is 11.3 Å². The van der Waals surface area contributed by atoms with Crippen LogP contribution in [0, 0.1) is 13.8 Å². The predicted molar refractivity (Wildman–Crippen MR) is 72.5 cm³/mol. The quantitative estimate of drug-likeness (QED) is 0.943. The molecule has 0 unspecified atom stereocenters. The van der Waals surface area contributed by atoms with Crippen molar-refractivity contribution in [2.24, 2.45) is 0 Å².